The minimum atomic E-state index is -3.70. The van der Waals surface area contributed by atoms with Gasteiger partial charge in [0.05, 0.1) is 18.6 Å². The van der Waals surface area contributed by atoms with Crippen LogP contribution in [0.5, 0.6) is 0 Å². The zero-order chi connectivity index (χ0) is 18.0. The molecule has 130 valence electrons. The molecule has 0 unspecified atom stereocenters. The molecule has 6 nitrogen and oxygen atoms in total. The van der Waals surface area contributed by atoms with Gasteiger partial charge in [-0.05, 0) is 24.6 Å². The van der Waals surface area contributed by atoms with Gasteiger partial charge in [-0.25, -0.2) is 13.2 Å². The summed E-state index contributed by atoms with van der Waals surface area (Å²) in [5, 5.41) is 0.622. The highest BCUT2D eigenvalue weighted by atomic mass is 32.2. The Morgan fingerprint density at radius 1 is 1.16 bits per heavy atom. The molecule has 0 aliphatic carbocycles. The lowest BCUT2D eigenvalue weighted by Gasteiger charge is -2.09. The third-order valence-electron chi connectivity index (χ3n) is 3.80. The Hall–Kier alpha value is -2.80. The van der Waals surface area contributed by atoms with Gasteiger partial charge in [-0.15, -0.1) is 0 Å². The summed E-state index contributed by atoms with van der Waals surface area (Å²) in [4.78, 5) is 15.0. The molecule has 0 amide bonds. The number of benzene rings is 2. The predicted octanol–water partition coefficient (Wildman–Crippen LogP) is 3.20. The number of sulfonamides is 1. The van der Waals surface area contributed by atoms with Crippen LogP contribution in [0, 0.1) is 6.92 Å². The number of hydrogen-bond donors (Lipinski definition) is 2. The van der Waals surface area contributed by atoms with Gasteiger partial charge in [0.15, 0.2) is 5.69 Å². The van der Waals surface area contributed by atoms with E-state index in [1.807, 2.05) is 25.1 Å². The van der Waals surface area contributed by atoms with Crippen LogP contribution in [0.25, 0.3) is 10.9 Å². The van der Waals surface area contributed by atoms with E-state index in [1.54, 1.807) is 30.3 Å². The van der Waals surface area contributed by atoms with E-state index in [0.717, 1.165) is 5.56 Å². The Morgan fingerprint density at radius 2 is 1.88 bits per heavy atom. The highest BCUT2D eigenvalue weighted by molar-refractivity contribution is 7.92. The number of carbonyl (C=O) groups excluding carboxylic acids is 1. The van der Waals surface area contributed by atoms with E-state index >= 15 is 0 Å². The van der Waals surface area contributed by atoms with Crippen molar-refractivity contribution in [2.75, 3.05) is 11.8 Å². The molecule has 2 aromatic carbocycles. The molecule has 0 bridgehead atoms. The molecule has 2 N–H and O–H groups in total. The molecule has 3 rings (SSSR count). The SMILES string of the molecule is COC(=O)c1[nH]c2ccc(C)cc2c1NS(=O)(=O)Cc1ccccc1. The van der Waals surface area contributed by atoms with Gasteiger partial charge < -0.3 is 9.72 Å². The summed E-state index contributed by atoms with van der Waals surface area (Å²) in [7, 11) is -2.45. The van der Waals surface area contributed by atoms with Crippen LogP contribution in [0.1, 0.15) is 21.6 Å². The Kier molecular flexibility index (Phi) is 4.50. The van der Waals surface area contributed by atoms with Gasteiger partial charge >= 0.3 is 5.97 Å². The largest absolute Gasteiger partial charge is 0.464 e. The maximum Gasteiger partial charge on any atom is 0.356 e. The molecule has 0 spiro atoms. The summed E-state index contributed by atoms with van der Waals surface area (Å²) in [6.07, 6.45) is 0. The van der Waals surface area contributed by atoms with Crippen LogP contribution in [0.15, 0.2) is 48.5 Å². The zero-order valence-corrected chi connectivity index (χ0v) is 14.7. The van der Waals surface area contributed by atoms with Crippen molar-refractivity contribution in [3.8, 4) is 0 Å². The number of nitrogens with one attached hydrogen (secondary N) is 2. The lowest BCUT2D eigenvalue weighted by atomic mass is 10.1. The van der Waals surface area contributed by atoms with Gasteiger partial charge in [0, 0.05) is 10.9 Å². The van der Waals surface area contributed by atoms with Crippen LogP contribution in [0.3, 0.4) is 0 Å². The Bertz CT molecular complexity index is 1020. The first-order valence-electron chi connectivity index (χ1n) is 7.64. The first-order chi connectivity index (χ1) is 11.9. The minimum absolute atomic E-state index is 0.0831. The number of anilines is 1. The lowest BCUT2D eigenvalue weighted by molar-refractivity contribution is 0.0596. The normalized spacial score (nSPS) is 11.4. The van der Waals surface area contributed by atoms with Gasteiger partial charge in [0.25, 0.3) is 0 Å². The number of methoxy groups -OCH3 is 1. The number of rotatable bonds is 5. The van der Waals surface area contributed by atoms with E-state index in [1.165, 1.54) is 7.11 Å². The smallest absolute Gasteiger partial charge is 0.356 e. The van der Waals surface area contributed by atoms with Crippen molar-refractivity contribution in [2.45, 2.75) is 12.7 Å². The van der Waals surface area contributed by atoms with Crippen molar-refractivity contribution < 1.29 is 17.9 Å². The van der Waals surface area contributed by atoms with Gasteiger partial charge in [0.2, 0.25) is 10.0 Å². The lowest BCUT2D eigenvalue weighted by Crippen LogP contribution is -2.17. The molecule has 7 heteroatoms. The molecule has 0 saturated heterocycles. The average molecular weight is 358 g/mol. The topological polar surface area (TPSA) is 88.3 Å². The second-order valence-electron chi connectivity index (χ2n) is 5.76. The monoisotopic (exact) mass is 358 g/mol. The van der Waals surface area contributed by atoms with Crippen LogP contribution >= 0.6 is 0 Å². The molecule has 25 heavy (non-hydrogen) atoms. The summed E-state index contributed by atoms with van der Waals surface area (Å²) in [5.74, 6) is -0.821. The Labute approximate surface area is 145 Å². The van der Waals surface area contributed by atoms with Crippen molar-refractivity contribution in [3.05, 3.63) is 65.4 Å². The number of esters is 1. The van der Waals surface area contributed by atoms with Crippen molar-refractivity contribution >= 4 is 32.6 Å². The fourth-order valence-corrected chi connectivity index (χ4v) is 3.88. The van der Waals surface area contributed by atoms with Crippen LogP contribution in [0.2, 0.25) is 0 Å². The molecule has 0 aliphatic rings. The fraction of sp³-hybridized carbons (Fsp3) is 0.167. The molecule has 3 aromatic rings. The summed E-state index contributed by atoms with van der Waals surface area (Å²) >= 11 is 0. The van der Waals surface area contributed by atoms with Gasteiger partial charge in [0.1, 0.15) is 0 Å². The van der Waals surface area contributed by atoms with Crippen LogP contribution in [-0.4, -0.2) is 26.5 Å². The third kappa shape index (κ3) is 3.66. The molecule has 1 aromatic heterocycles. The number of aromatic amines is 1. The molecule has 1 heterocycles. The Balaban J connectivity index is 2.04. The van der Waals surface area contributed by atoms with E-state index in [9.17, 15) is 13.2 Å². The van der Waals surface area contributed by atoms with E-state index in [0.29, 0.717) is 16.5 Å². The predicted molar refractivity (Wildman–Crippen MR) is 97.1 cm³/mol. The van der Waals surface area contributed by atoms with Gasteiger partial charge in [-0.3, -0.25) is 4.72 Å². The quantitative estimate of drug-likeness (QED) is 0.686. The first kappa shape index (κ1) is 17.0. The number of carbonyl (C=O) groups is 1. The minimum Gasteiger partial charge on any atom is -0.464 e. The van der Waals surface area contributed by atoms with Crippen LogP contribution < -0.4 is 4.72 Å². The van der Waals surface area contributed by atoms with Crippen molar-refractivity contribution in [1.29, 1.82) is 0 Å². The molecule has 0 fully saturated rings. The fourth-order valence-electron chi connectivity index (χ4n) is 2.65. The number of aromatic nitrogens is 1. The summed E-state index contributed by atoms with van der Waals surface area (Å²) in [6.45, 7) is 1.90. The highest BCUT2D eigenvalue weighted by Gasteiger charge is 2.23. The number of fused-ring (bicyclic) bond motifs is 1. The van der Waals surface area contributed by atoms with E-state index in [4.69, 9.17) is 4.74 Å². The van der Waals surface area contributed by atoms with Crippen molar-refractivity contribution in [2.24, 2.45) is 0 Å². The summed E-state index contributed by atoms with van der Waals surface area (Å²) < 4.78 is 32.5. The Morgan fingerprint density at radius 3 is 2.56 bits per heavy atom. The van der Waals surface area contributed by atoms with Crippen molar-refractivity contribution in [3.63, 3.8) is 0 Å². The molecule has 0 atom stereocenters. The van der Waals surface area contributed by atoms with Gasteiger partial charge in [-0.1, -0.05) is 42.0 Å². The highest BCUT2D eigenvalue weighted by Crippen LogP contribution is 2.30. The zero-order valence-electron chi connectivity index (χ0n) is 13.9. The van der Waals surface area contributed by atoms with E-state index in [-0.39, 0.29) is 17.1 Å². The maximum absolute atomic E-state index is 12.6. The number of ether oxygens (including phenoxy) is 1. The number of hydrogen-bond acceptors (Lipinski definition) is 4. The van der Waals surface area contributed by atoms with Crippen LogP contribution in [0.4, 0.5) is 5.69 Å². The molecule has 0 aliphatic heterocycles. The first-order valence-corrected chi connectivity index (χ1v) is 9.30. The molecular formula is C18H18N2O4S. The summed E-state index contributed by atoms with van der Waals surface area (Å²) in [6, 6.07) is 14.3. The van der Waals surface area contributed by atoms with E-state index < -0.39 is 16.0 Å². The standard InChI is InChI=1S/C18H18N2O4S/c1-12-8-9-15-14(10-12)16(17(19-15)18(21)24-2)20-25(22,23)11-13-6-4-3-5-7-13/h3-10,19-20H,11H2,1-2H3. The second kappa shape index (κ2) is 6.60. The molecule has 0 radical (unpaired) electrons. The van der Waals surface area contributed by atoms with Crippen molar-refractivity contribution in [1.82, 2.24) is 4.98 Å². The van der Waals surface area contributed by atoms with Crippen LogP contribution in [-0.2, 0) is 20.5 Å². The number of aryl methyl sites for hydroxylation is 1. The summed E-state index contributed by atoms with van der Waals surface area (Å²) in [5.41, 5.74) is 2.56. The molecular weight excluding hydrogens is 340 g/mol. The number of H-pyrrole nitrogens is 1. The third-order valence-corrected chi connectivity index (χ3v) is 5.03. The average Bonchev–Trinajstić information content (AvgIpc) is 2.92. The maximum atomic E-state index is 12.6. The molecule has 0 saturated carbocycles. The van der Waals surface area contributed by atoms with Gasteiger partial charge in [-0.2, -0.15) is 0 Å². The van der Waals surface area contributed by atoms with E-state index in [2.05, 4.69) is 9.71 Å². The second-order valence-corrected chi connectivity index (χ2v) is 7.48.